The molecule has 3 rings (SSSR count). The van der Waals surface area contributed by atoms with E-state index in [4.69, 9.17) is 9.84 Å². The van der Waals surface area contributed by atoms with Crippen molar-refractivity contribution in [2.45, 2.75) is 18.4 Å². The van der Waals surface area contributed by atoms with Gasteiger partial charge in [0.25, 0.3) is 0 Å². The molecule has 0 radical (unpaired) electrons. The van der Waals surface area contributed by atoms with E-state index in [1.165, 1.54) is 0 Å². The van der Waals surface area contributed by atoms with E-state index in [0.29, 0.717) is 11.8 Å². The summed E-state index contributed by atoms with van der Waals surface area (Å²) in [6.45, 7) is 1.57. The summed E-state index contributed by atoms with van der Waals surface area (Å²) < 4.78 is 6.79. The maximum Gasteiger partial charge on any atom is 0.329 e. The van der Waals surface area contributed by atoms with Crippen LogP contribution < -0.4 is 5.32 Å². The number of pyridine rings is 1. The Morgan fingerprint density at radius 3 is 3.10 bits per heavy atom. The Morgan fingerprint density at radius 2 is 2.40 bits per heavy atom. The number of aromatic nitrogens is 1. The summed E-state index contributed by atoms with van der Waals surface area (Å²) in [5, 5.41) is 12.3. The molecule has 5 nitrogen and oxygen atoms in total. The van der Waals surface area contributed by atoms with Gasteiger partial charge in [0.1, 0.15) is 12.2 Å². The molecule has 3 unspecified atom stereocenters. The van der Waals surface area contributed by atoms with Gasteiger partial charge in [-0.15, -0.1) is 0 Å². The number of nitrogens with one attached hydrogen (secondary N) is 1. The molecule has 1 aliphatic carbocycles. The SMILES string of the molecule is O=C(O)COC1(c2ccc(Br)cn2)CCC2CNCC21. The Balaban J connectivity index is 1.94. The van der Waals surface area contributed by atoms with Crippen LogP contribution >= 0.6 is 15.9 Å². The van der Waals surface area contributed by atoms with Crippen molar-refractivity contribution >= 4 is 21.9 Å². The Kier molecular flexibility index (Phi) is 3.79. The standard InChI is InChI=1S/C14H17BrN2O3/c15-10-1-2-12(17-6-10)14(20-8-13(18)19)4-3-9-5-16-7-11(9)14/h1-2,6,9,11,16H,3-5,7-8H2,(H,18,19). The fourth-order valence-electron chi connectivity index (χ4n) is 3.56. The zero-order chi connectivity index (χ0) is 14.2. The van der Waals surface area contributed by atoms with Gasteiger partial charge < -0.3 is 15.2 Å². The Morgan fingerprint density at radius 1 is 1.55 bits per heavy atom. The molecule has 0 bridgehead atoms. The van der Waals surface area contributed by atoms with E-state index in [9.17, 15) is 4.79 Å². The number of fused-ring (bicyclic) bond motifs is 1. The molecule has 0 spiro atoms. The molecule has 2 fully saturated rings. The molecule has 1 aromatic rings. The number of carbonyl (C=O) groups is 1. The van der Waals surface area contributed by atoms with Gasteiger partial charge >= 0.3 is 5.97 Å². The lowest BCUT2D eigenvalue weighted by atomic mass is 9.84. The topological polar surface area (TPSA) is 71.5 Å². The van der Waals surface area contributed by atoms with Crippen LogP contribution in [0.15, 0.2) is 22.8 Å². The number of halogens is 1. The second-order valence-corrected chi connectivity index (χ2v) is 6.41. The van der Waals surface area contributed by atoms with Crippen LogP contribution in [0.3, 0.4) is 0 Å². The molecular formula is C14H17BrN2O3. The van der Waals surface area contributed by atoms with E-state index in [1.54, 1.807) is 6.20 Å². The quantitative estimate of drug-likeness (QED) is 0.873. The highest BCUT2D eigenvalue weighted by Gasteiger charge is 2.53. The van der Waals surface area contributed by atoms with E-state index in [0.717, 1.165) is 36.1 Å². The van der Waals surface area contributed by atoms with Crippen LogP contribution in [0.25, 0.3) is 0 Å². The number of hydrogen-bond acceptors (Lipinski definition) is 4. The monoisotopic (exact) mass is 340 g/mol. The molecule has 3 atom stereocenters. The summed E-state index contributed by atoms with van der Waals surface area (Å²) in [6, 6.07) is 3.87. The van der Waals surface area contributed by atoms with Crippen molar-refractivity contribution in [3.63, 3.8) is 0 Å². The predicted octanol–water partition coefficient (Wildman–Crippen LogP) is 1.77. The minimum absolute atomic E-state index is 0.277. The number of aliphatic carboxylic acids is 1. The van der Waals surface area contributed by atoms with Crippen molar-refractivity contribution in [3.8, 4) is 0 Å². The molecule has 1 aromatic heterocycles. The lowest BCUT2D eigenvalue weighted by molar-refractivity contribution is -0.154. The van der Waals surface area contributed by atoms with Gasteiger partial charge in [0.15, 0.2) is 0 Å². The van der Waals surface area contributed by atoms with Gasteiger partial charge in [0.05, 0.1) is 5.69 Å². The van der Waals surface area contributed by atoms with Gasteiger partial charge in [0.2, 0.25) is 0 Å². The summed E-state index contributed by atoms with van der Waals surface area (Å²) in [5.74, 6) is -0.0827. The molecule has 1 saturated heterocycles. The zero-order valence-electron chi connectivity index (χ0n) is 11.0. The lowest BCUT2D eigenvalue weighted by Gasteiger charge is -2.34. The number of carboxylic acids is 1. The average molecular weight is 341 g/mol. The van der Waals surface area contributed by atoms with Crippen molar-refractivity contribution < 1.29 is 14.6 Å². The fraction of sp³-hybridized carbons (Fsp3) is 0.571. The highest BCUT2D eigenvalue weighted by molar-refractivity contribution is 9.10. The fourth-order valence-corrected chi connectivity index (χ4v) is 3.79. The third-order valence-corrected chi connectivity index (χ3v) is 4.91. The smallest absolute Gasteiger partial charge is 0.329 e. The average Bonchev–Trinajstić information content (AvgIpc) is 3.00. The molecule has 2 aliphatic rings. The van der Waals surface area contributed by atoms with Crippen LogP contribution in [0.5, 0.6) is 0 Å². The van der Waals surface area contributed by atoms with Crippen molar-refractivity contribution in [1.29, 1.82) is 0 Å². The van der Waals surface area contributed by atoms with Crippen LogP contribution in [0.2, 0.25) is 0 Å². The Hall–Kier alpha value is -0.980. The Labute approximate surface area is 125 Å². The van der Waals surface area contributed by atoms with Crippen LogP contribution in [-0.4, -0.2) is 35.8 Å². The number of ether oxygens (including phenoxy) is 1. The maximum absolute atomic E-state index is 10.9. The predicted molar refractivity (Wildman–Crippen MR) is 76.3 cm³/mol. The second-order valence-electron chi connectivity index (χ2n) is 5.50. The third-order valence-electron chi connectivity index (χ3n) is 4.44. The molecule has 2 heterocycles. The van der Waals surface area contributed by atoms with E-state index in [2.05, 4.69) is 26.2 Å². The molecule has 0 amide bonds. The second kappa shape index (κ2) is 5.42. The van der Waals surface area contributed by atoms with Crippen LogP contribution in [-0.2, 0) is 15.1 Å². The number of hydrogen-bond donors (Lipinski definition) is 2. The zero-order valence-corrected chi connectivity index (χ0v) is 12.6. The highest BCUT2D eigenvalue weighted by Crippen LogP contribution is 2.50. The van der Waals surface area contributed by atoms with Crippen LogP contribution in [0.4, 0.5) is 0 Å². The number of nitrogens with zero attached hydrogens (tertiary/aromatic N) is 1. The first kappa shape index (κ1) is 14.0. The van der Waals surface area contributed by atoms with Gasteiger partial charge in [-0.25, -0.2) is 4.79 Å². The van der Waals surface area contributed by atoms with Gasteiger partial charge in [0, 0.05) is 23.1 Å². The molecule has 1 saturated carbocycles. The van der Waals surface area contributed by atoms with Crippen LogP contribution in [0, 0.1) is 11.8 Å². The molecule has 20 heavy (non-hydrogen) atoms. The molecule has 1 aliphatic heterocycles. The van der Waals surface area contributed by atoms with Crippen molar-refractivity contribution in [1.82, 2.24) is 10.3 Å². The van der Waals surface area contributed by atoms with E-state index >= 15 is 0 Å². The van der Waals surface area contributed by atoms with E-state index in [-0.39, 0.29) is 6.61 Å². The summed E-state index contributed by atoms with van der Waals surface area (Å²) in [5.41, 5.74) is 0.283. The number of rotatable bonds is 4. The largest absolute Gasteiger partial charge is 0.480 e. The van der Waals surface area contributed by atoms with Crippen molar-refractivity contribution in [3.05, 3.63) is 28.5 Å². The number of carboxylic acid groups (broad SMARTS) is 1. The first-order valence-electron chi connectivity index (χ1n) is 6.80. The maximum atomic E-state index is 10.9. The van der Waals surface area contributed by atoms with Gasteiger partial charge in [-0.2, -0.15) is 0 Å². The summed E-state index contributed by atoms with van der Waals surface area (Å²) in [7, 11) is 0. The molecule has 2 N–H and O–H groups in total. The first-order valence-corrected chi connectivity index (χ1v) is 7.59. The van der Waals surface area contributed by atoms with Gasteiger partial charge in [-0.1, -0.05) is 0 Å². The molecule has 0 aromatic carbocycles. The molecule has 6 heteroatoms. The minimum Gasteiger partial charge on any atom is -0.480 e. The van der Waals surface area contributed by atoms with Crippen LogP contribution in [0.1, 0.15) is 18.5 Å². The lowest BCUT2D eigenvalue weighted by Crippen LogP contribution is -2.39. The minimum atomic E-state index is -0.934. The Bertz CT molecular complexity index is 508. The highest BCUT2D eigenvalue weighted by atomic mass is 79.9. The molecular weight excluding hydrogens is 324 g/mol. The summed E-state index contributed by atoms with van der Waals surface area (Å²) >= 11 is 3.38. The first-order chi connectivity index (χ1) is 9.62. The molecule has 108 valence electrons. The van der Waals surface area contributed by atoms with Crippen molar-refractivity contribution in [2.24, 2.45) is 11.8 Å². The third kappa shape index (κ3) is 2.36. The van der Waals surface area contributed by atoms with Gasteiger partial charge in [-0.3, -0.25) is 4.98 Å². The van der Waals surface area contributed by atoms with Gasteiger partial charge in [-0.05, 0) is 53.4 Å². The van der Waals surface area contributed by atoms with E-state index < -0.39 is 11.6 Å². The van der Waals surface area contributed by atoms with E-state index in [1.807, 2.05) is 12.1 Å². The summed E-state index contributed by atoms with van der Waals surface area (Å²) in [6.07, 6.45) is 3.64. The van der Waals surface area contributed by atoms with Crippen molar-refractivity contribution in [2.75, 3.05) is 19.7 Å². The summed E-state index contributed by atoms with van der Waals surface area (Å²) in [4.78, 5) is 15.4. The normalized spacial score (nSPS) is 32.2.